The molecule has 8 saturated carbocycles. The SMILES string of the molecule is CCOCC.CCOCC.[Al+3].[Al+3].[CH2-]C.[CH2-]C.[CH2-]C.[CH2-]C.[N-]=[P+](N(C1CCCCC1)C1CCCCC1)N(C1CCCCC1)C1CCCCC1.[N-]=[P+](N(C1CCCCC1)C1CCCCC1)N(C1CCCCC1)C1CCCCC1. The van der Waals surface area contributed by atoms with E-state index in [0.29, 0.717) is 48.3 Å². The van der Waals surface area contributed by atoms with E-state index in [-0.39, 0.29) is 34.7 Å². The van der Waals surface area contributed by atoms with Crippen LogP contribution in [0.25, 0.3) is 10.3 Å². The van der Waals surface area contributed by atoms with Gasteiger partial charge < -0.3 is 47.5 Å². The summed E-state index contributed by atoms with van der Waals surface area (Å²) in [5, 5.41) is 24.2. The zero-order valence-electron chi connectivity index (χ0n) is 52.1. The molecule has 440 valence electrons. The van der Waals surface area contributed by atoms with Gasteiger partial charge in [-0.3, -0.25) is 0 Å². The molecule has 0 atom stereocenters. The number of nitrogens with zero attached hydrogens (tertiary/aromatic N) is 6. The van der Waals surface area contributed by atoms with Crippen molar-refractivity contribution in [2.75, 3.05) is 26.4 Å². The first-order valence-corrected chi connectivity index (χ1v) is 35.0. The summed E-state index contributed by atoms with van der Waals surface area (Å²) in [6, 6.07) is 5.24. The van der Waals surface area contributed by atoms with Crippen molar-refractivity contribution in [3.63, 3.8) is 0 Å². The molecule has 0 radical (unpaired) electrons. The van der Waals surface area contributed by atoms with Crippen molar-refractivity contribution in [2.45, 2.75) is 361 Å². The molecule has 0 saturated heterocycles. The Morgan fingerprint density at radius 2 is 0.368 bits per heavy atom. The fraction of sp³-hybridized carbons (Fsp3) is 0.938. The van der Waals surface area contributed by atoms with Crippen molar-refractivity contribution < 1.29 is 9.47 Å². The molecule has 0 unspecified atom stereocenters. The van der Waals surface area contributed by atoms with Crippen molar-refractivity contribution >= 4 is 50.8 Å². The van der Waals surface area contributed by atoms with Gasteiger partial charge in [0.2, 0.25) is 0 Å². The Balaban J connectivity index is 0. The van der Waals surface area contributed by atoms with Crippen LogP contribution in [0.2, 0.25) is 0 Å². The van der Waals surface area contributed by atoms with Crippen LogP contribution in [0.1, 0.15) is 312 Å². The smallest absolute Gasteiger partial charge is 0.550 e. The van der Waals surface area contributed by atoms with E-state index in [1.165, 1.54) is 257 Å². The van der Waals surface area contributed by atoms with Crippen molar-refractivity contribution in [3.8, 4) is 0 Å². The Morgan fingerprint density at radius 1 is 0.263 bits per heavy atom. The standard InChI is InChI=1S/2C24H44N3P.2C4H10O.4C2H5.2Al/c2*25-28(26(21-13-5-1-6-14-21)22-15-7-2-8-16-22)27(23-17-9-3-10-18-23)24-19-11-4-12-20-24;2*1-3-5-4-2;4*1-2;;/h2*21-24H,1-20H2;2*3-4H2,1-2H3;4*1H2,2H3;;/q;;;;4*-1;2*+3. The summed E-state index contributed by atoms with van der Waals surface area (Å²) in [5.74, 6) is 0. The first-order valence-electron chi connectivity index (χ1n) is 32.6. The fourth-order valence-electron chi connectivity index (χ4n) is 13.8. The van der Waals surface area contributed by atoms with Crippen LogP contribution in [0.15, 0.2) is 0 Å². The van der Waals surface area contributed by atoms with Gasteiger partial charge in [0, 0.05) is 26.4 Å². The van der Waals surface area contributed by atoms with E-state index in [1.54, 1.807) is 27.7 Å². The molecule has 0 aromatic carbocycles. The Labute approximate surface area is 500 Å². The van der Waals surface area contributed by atoms with Gasteiger partial charge in [-0.1, -0.05) is 154 Å². The van der Waals surface area contributed by atoms with Crippen LogP contribution in [0, 0.1) is 27.7 Å². The molecule has 12 heteroatoms. The number of hydrogen-bond acceptors (Lipinski definition) is 2. The molecule has 8 fully saturated rings. The number of ether oxygens (including phenoxy) is 2. The topological polar surface area (TPSA) is 76.0 Å². The monoisotopic (exact) mass is 1130 g/mol. The third kappa shape index (κ3) is 30.0. The molecular weight excluding hydrogens is 1000 g/mol. The van der Waals surface area contributed by atoms with Crippen LogP contribution in [0.4, 0.5) is 0 Å². The van der Waals surface area contributed by atoms with E-state index >= 15 is 0 Å². The third-order valence-electron chi connectivity index (χ3n) is 17.2. The molecule has 0 aromatic rings. The first-order chi connectivity index (χ1) is 36.5. The van der Waals surface area contributed by atoms with Crippen molar-refractivity contribution in [2.24, 2.45) is 0 Å². The minimum Gasteiger partial charge on any atom is -0.550 e. The Hall–Kier alpha value is 1.02. The molecule has 0 bridgehead atoms. The molecule has 0 heterocycles. The zero-order chi connectivity index (χ0) is 54.6. The predicted molar refractivity (Wildman–Crippen MR) is 343 cm³/mol. The van der Waals surface area contributed by atoms with Gasteiger partial charge in [-0.2, -0.15) is 27.7 Å². The summed E-state index contributed by atoms with van der Waals surface area (Å²) < 4.78 is 20.7. The maximum atomic E-state index is 12.1. The van der Waals surface area contributed by atoms with Crippen LogP contribution >= 0.6 is 16.0 Å². The maximum absolute atomic E-state index is 12.1. The van der Waals surface area contributed by atoms with Gasteiger partial charge in [0.25, 0.3) is 0 Å². The largest absolute Gasteiger partial charge is 3.00 e. The van der Waals surface area contributed by atoms with E-state index in [1.807, 2.05) is 27.7 Å². The van der Waals surface area contributed by atoms with Gasteiger partial charge in [0.15, 0.2) is 16.0 Å². The quantitative estimate of drug-likeness (QED) is 0.0871. The Morgan fingerprint density at radius 3 is 0.447 bits per heavy atom. The maximum Gasteiger partial charge on any atom is 3.00 e. The van der Waals surface area contributed by atoms with E-state index in [2.05, 4.69) is 46.4 Å². The third-order valence-corrected chi connectivity index (χ3v) is 21.5. The van der Waals surface area contributed by atoms with Crippen LogP contribution in [0.3, 0.4) is 0 Å². The van der Waals surface area contributed by atoms with Gasteiger partial charge >= 0.3 is 34.7 Å². The molecule has 76 heavy (non-hydrogen) atoms. The summed E-state index contributed by atoms with van der Waals surface area (Å²) in [4.78, 5) is 0. The molecule has 8 rings (SSSR count). The van der Waals surface area contributed by atoms with E-state index < -0.39 is 16.0 Å². The van der Waals surface area contributed by atoms with E-state index in [0.717, 1.165) is 26.4 Å². The predicted octanol–water partition coefficient (Wildman–Crippen LogP) is 20.7. The molecule has 0 amide bonds. The van der Waals surface area contributed by atoms with Gasteiger partial charge in [-0.25, -0.2) is 0 Å². The molecule has 0 aromatic heterocycles. The van der Waals surface area contributed by atoms with E-state index in [9.17, 15) is 10.3 Å². The minimum absolute atomic E-state index is 0. The molecule has 8 aliphatic rings. The first kappa shape index (κ1) is 79.1. The summed E-state index contributed by atoms with van der Waals surface area (Å²) in [6.45, 7) is 31.3. The molecule has 0 aliphatic heterocycles. The molecular formula is C64H128Al2N6O2P2+2. The Kier molecular flexibility index (Phi) is 56.2. The number of rotatable bonds is 16. The zero-order valence-corrected chi connectivity index (χ0v) is 56.2. The molecule has 0 N–H and O–H groups in total. The van der Waals surface area contributed by atoms with Crippen molar-refractivity contribution in [3.05, 3.63) is 38.0 Å². The number of hydrogen-bond donors (Lipinski definition) is 0. The van der Waals surface area contributed by atoms with Crippen molar-refractivity contribution in [1.29, 1.82) is 0 Å². The average molecular weight is 1130 g/mol. The fourth-order valence-corrected chi connectivity index (χ4v) is 18.4. The minimum atomic E-state index is -1.13. The van der Waals surface area contributed by atoms with Crippen molar-refractivity contribution in [1.82, 2.24) is 18.7 Å². The average Bonchev–Trinajstić information content (AvgIpc) is 3.49. The summed E-state index contributed by atoms with van der Waals surface area (Å²) in [6.07, 6.45) is 54.7. The molecule has 8 aliphatic carbocycles. The van der Waals surface area contributed by atoms with Crippen LogP contribution < -0.4 is 0 Å². The normalized spacial score (nSPS) is 21.7. The Bertz CT molecular complexity index is 992. The molecule has 0 spiro atoms. The van der Waals surface area contributed by atoms with Gasteiger partial charge in [0.1, 0.15) is 0 Å². The van der Waals surface area contributed by atoms with Gasteiger partial charge in [-0.15, -0.1) is 18.7 Å². The van der Waals surface area contributed by atoms with Gasteiger partial charge in [-0.05, 0) is 130 Å². The second kappa shape index (κ2) is 54.0. The van der Waals surface area contributed by atoms with Crippen LogP contribution in [-0.2, 0) is 9.47 Å². The second-order valence-electron chi connectivity index (χ2n) is 22.0. The van der Waals surface area contributed by atoms with Gasteiger partial charge in [0.05, 0.1) is 48.3 Å². The van der Waals surface area contributed by atoms with Crippen LogP contribution in [0.5, 0.6) is 0 Å². The summed E-state index contributed by atoms with van der Waals surface area (Å²) in [5.41, 5.74) is 0. The summed E-state index contributed by atoms with van der Waals surface area (Å²) in [7, 11) is -2.26. The van der Waals surface area contributed by atoms with Crippen LogP contribution in [-0.4, -0.2) is 128 Å². The van der Waals surface area contributed by atoms with E-state index in [4.69, 9.17) is 9.47 Å². The second-order valence-corrected chi connectivity index (χ2v) is 24.9. The summed E-state index contributed by atoms with van der Waals surface area (Å²) >= 11 is 0. The molecule has 8 nitrogen and oxygen atoms in total.